The number of Topliss-reactive ketones (excluding diaryl/α,β-unsaturated/α-hetero) is 1. The second-order valence-corrected chi connectivity index (χ2v) is 12.8. The largest absolute Gasteiger partial charge is 0.344 e. The van der Waals surface area contributed by atoms with Gasteiger partial charge in [0.2, 0.25) is 5.91 Å². The summed E-state index contributed by atoms with van der Waals surface area (Å²) in [6.45, 7) is 8.75. The van der Waals surface area contributed by atoms with Gasteiger partial charge < -0.3 is 10.6 Å². The second kappa shape index (κ2) is 13.3. The van der Waals surface area contributed by atoms with E-state index in [1.165, 1.54) is 6.92 Å². The molecular formula is C33H33Cl3N4O3. The number of nitrogens with one attached hydrogen (secondary N) is 2. The third kappa shape index (κ3) is 7.66. The average molecular weight is 640 g/mol. The molecule has 10 heteroatoms. The van der Waals surface area contributed by atoms with Crippen molar-refractivity contribution in [2.45, 2.75) is 53.1 Å². The van der Waals surface area contributed by atoms with Crippen molar-refractivity contribution in [2.24, 2.45) is 5.41 Å². The summed E-state index contributed by atoms with van der Waals surface area (Å²) in [6.07, 6.45) is 0.336. The zero-order chi connectivity index (χ0) is 31.5. The predicted molar refractivity (Wildman–Crippen MR) is 172 cm³/mol. The predicted octanol–water partition coefficient (Wildman–Crippen LogP) is 7.27. The summed E-state index contributed by atoms with van der Waals surface area (Å²) < 4.78 is 1.59. The first-order chi connectivity index (χ1) is 20.3. The summed E-state index contributed by atoms with van der Waals surface area (Å²) in [5, 5.41) is 11.8. The summed E-state index contributed by atoms with van der Waals surface area (Å²) in [7, 11) is 0. The van der Waals surface area contributed by atoms with Gasteiger partial charge in [-0.1, -0.05) is 98.0 Å². The fraction of sp³-hybridized carbons (Fsp3) is 0.273. The highest BCUT2D eigenvalue weighted by Crippen LogP contribution is 2.33. The maximum absolute atomic E-state index is 13.8. The lowest BCUT2D eigenvalue weighted by atomic mass is 9.85. The molecule has 0 saturated carbocycles. The molecule has 2 amide bonds. The molecule has 0 aliphatic rings. The zero-order valence-corrected chi connectivity index (χ0v) is 26.8. The summed E-state index contributed by atoms with van der Waals surface area (Å²) in [5.41, 5.74) is 2.82. The number of hydrogen-bond acceptors (Lipinski definition) is 4. The fourth-order valence-corrected chi connectivity index (χ4v) is 5.38. The van der Waals surface area contributed by atoms with Crippen LogP contribution in [0.2, 0.25) is 15.1 Å². The van der Waals surface area contributed by atoms with E-state index < -0.39 is 29.3 Å². The normalized spacial score (nSPS) is 12.8. The van der Waals surface area contributed by atoms with Crippen molar-refractivity contribution in [3.05, 3.63) is 105 Å². The number of aromatic nitrogens is 2. The van der Waals surface area contributed by atoms with Crippen LogP contribution < -0.4 is 10.6 Å². The number of carbonyl (C=O) groups excluding carboxylic acids is 3. The van der Waals surface area contributed by atoms with Gasteiger partial charge in [-0.25, -0.2) is 4.68 Å². The van der Waals surface area contributed by atoms with E-state index in [1.807, 2.05) is 63.2 Å². The number of amides is 2. The fourth-order valence-electron chi connectivity index (χ4n) is 4.76. The van der Waals surface area contributed by atoms with Crippen LogP contribution in [0.25, 0.3) is 16.9 Å². The molecule has 1 aromatic heterocycles. The number of halogens is 3. The Morgan fingerprint density at radius 3 is 2.09 bits per heavy atom. The van der Waals surface area contributed by atoms with Crippen LogP contribution in [0.5, 0.6) is 0 Å². The molecule has 4 aromatic rings. The van der Waals surface area contributed by atoms with Crippen LogP contribution in [0.3, 0.4) is 0 Å². The molecule has 2 atom stereocenters. The van der Waals surface area contributed by atoms with E-state index in [0.717, 1.165) is 11.1 Å². The van der Waals surface area contributed by atoms with Crippen molar-refractivity contribution in [1.29, 1.82) is 0 Å². The minimum absolute atomic E-state index is 0.116. The van der Waals surface area contributed by atoms with Crippen LogP contribution in [0, 0.1) is 12.3 Å². The number of nitrogens with zero attached hydrogens (tertiary/aromatic N) is 2. The molecule has 7 nitrogen and oxygen atoms in total. The Morgan fingerprint density at radius 2 is 1.51 bits per heavy atom. The first-order valence-electron chi connectivity index (χ1n) is 13.7. The van der Waals surface area contributed by atoms with Gasteiger partial charge in [-0.2, -0.15) is 5.10 Å². The number of benzene rings is 3. The number of hydrogen-bond donors (Lipinski definition) is 2. The highest BCUT2D eigenvalue weighted by atomic mass is 35.5. The molecule has 0 radical (unpaired) electrons. The lowest BCUT2D eigenvalue weighted by Gasteiger charge is -2.31. The monoisotopic (exact) mass is 638 g/mol. The number of rotatable bonds is 9. The minimum atomic E-state index is -0.972. The summed E-state index contributed by atoms with van der Waals surface area (Å²) in [6, 6.07) is 19.9. The molecule has 0 aliphatic carbocycles. The molecule has 0 aliphatic heterocycles. The minimum Gasteiger partial charge on any atom is -0.344 e. The van der Waals surface area contributed by atoms with Gasteiger partial charge in [0.05, 0.1) is 22.4 Å². The third-order valence-electron chi connectivity index (χ3n) is 7.09. The van der Waals surface area contributed by atoms with Gasteiger partial charge in [-0.15, -0.1) is 0 Å². The van der Waals surface area contributed by atoms with Gasteiger partial charge in [-0.05, 0) is 61.6 Å². The van der Waals surface area contributed by atoms with Crippen molar-refractivity contribution < 1.29 is 14.4 Å². The average Bonchev–Trinajstić information content (AvgIpc) is 3.28. The number of carbonyl (C=O) groups is 3. The molecule has 0 saturated heterocycles. The molecule has 0 bridgehead atoms. The molecular weight excluding hydrogens is 607 g/mol. The molecule has 224 valence electrons. The quantitative estimate of drug-likeness (QED) is 0.202. The van der Waals surface area contributed by atoms with E-state index >= 15 is 0 Å². The summed E-state index contributed by atoms with van der Waals surface area (Å²) in [5.74, 6) is -1.19. The molecule has 0 spiro atoms. The number of ketones is 1. The zero-order valence-electron chi connectivity index (χ0n) is 24.5. The van der Waals surface area contributed by atoms with Crippen molar-refractivity contribution in [3.8, 4) is 16.9 Å². The van der Waals surface area contributed by atoms with Gasteiger partial charge in [0.25, 0.3) is 5.91 Å². The van der Waals surface area contributed by atoms with Gasteiger partial charge >= 0.3 is 0 Å². The Labute approximate surface area is 266 Å². The van der Waals surface area contributed by atoms with Crippen LogP contribution in [-0.4, -0.2) is 39.5 Å². The van der Waals surface area contributed by atoms with Crippen molar-refractivity contribution >= 4 is 52.4 Å². The van der Waals surface area contributed by atoms with Gasteiger partial charge in [0.15, 0.2) is 11.5 Å². The second-order valence-electron chi connectivity index (χ2n) is 11.5. The van der Waals surface area contributed by atoms with Crippen LogP contribution in [0.4, 0.5) is 0 Å². The standard InChI is InChI=1S/C33H33Cl3N4O3/c1-19-28(39-40(27-16-15-24(35)18-25(27)36)29(19)22-11-13-23(34)14-12-22)31(42)38-30(33(3,4)5)32(43)37-26(20(2)41)17-21-9-7-6-8-10-21/h6-16,18,26,30H,17H2,1-5H3,(H,37,43)(H,38,42). The van der Waals surface area contributed by atoms with Crippen molar-refractivity contribution in [2.75, 3.05) is 0 Å². The van der Waals surface area contributed by atoms with Crippen LogP contribution in [0.15, 0.2) is 72.8 Å². The van der Waals surface area contributed by atoms with E-state index in [-0.39, 0.29) is 11.5 Å². The topological polar surface area (TPSA) is 93.1 Å². The smallest absolute Gasteiger partial charge is 0.272 e. The Kier molecular flexibility index (Phi) is 10.0. The molecule has 2 unspecified atom stereocenters. The first kappa shape index (κ1) is 32.3. The van der Waals surface area contributed by atoms with Gasteiger partial charge in [-0.3, -0.25) is 14.4 Å². The highest BCUT2D eigenvalue weighted by Gasteiger charge is 2.36. The van der Waals surface area contributed by atoms with E-state index in [2.05, 4.69) is 15.7 Å². The maximum Gasteiger partial charge on any atom is 0.272 e. The van der Waals surface area contributed by atoms with E-state index in [4.69, 9.17) is 34.8 Å². The molecule has 0 fully saturated rings. The lowest BCUT2D eigenvalue weighted by Crippen LogP contribution is -2.56. The van der Waals surface area contributed by atoms with Crippen molar-refractivity contribution in [1.82, 2.24) is 20.4 Å². The Bertz CT molecular complexity index is 1640. The summed E-state index contributed by atoms with van der Waals surface area (Å²) >= 11 is 18.8. The van der Waals surface area contributed by atoms with E-state index in [0.29, 0.717) is 38.4 Å². The lowest BCUT2D eigenvalue weighted by molar-refractivity contribution is -0.129. The molecule has 3 aromatic carbocycles. The Morgan fingerprint density at radius 1 is 0.884 bits per heavy atom. The van der Waals surface area contributed by atoms with Gasteiger partial charge in [0, 0.05) is 21.2 Å². The molecule has 2 N–H and O–H groups in total. The SMILES string of the molecule is CC(=O)C(Cc1ccccc1)NC(=O)C(NC(=O)c1nn(-c2ccc(Cl)cc2Cl)c(-c2ccc(Cl)cc2)c1C)C(C)(C)C. The van der Waals surface area contributed by atoms with Crippen LogP contribution >= 0.6 is 34.8 Å². The van der Waals surface area contributed by atoms with Crippen LogP contribution in [0.1, 0.15) is 49.3 Å². The van der Waals surface area contributed by atoms with E-state index in [1.54, 1.807) is 41.9 Å². The summed E-state index contributed by atoms with van der Waals surface area (Å²) in [4.78, 5) is 40.0. The first-order valence-corrected chi connectivity index (χ1v) is 14.9. The molecule has 43 heavy (non-hydrogen) atoms. The maximum atomic E-state index is 13.8. The molecule has 4 rings (SSSR count). The van der Waals surface area contributed by atoms with Gasteiger partial charge in [0.1, 0.15) is 6.04 Å². The third-order valence-corrected chi connectivity index (χ3v) is 7.88. The van der Waals surface area contributed by atoms with Crippen LogP contribution in [-0.2, 0) is 16.0 Å². The van der Waals surface area contributed by atoms with E-state index in [9.17, 15) is 14.4 Å². The van der Waals surface area contributed by atoms with Crippen molar-refractivity contribution in [3.63, 3.8) is 0 Å². The Balaban J connectivity index is 1.69. The highest BCUT2D eigenvalue weighted by molar-refractivity contribution is 6.35. The Hall–Kier alpha value is -3.65. The molecule has 1 heterocycles.